The molecule has 1 unspecified atom stereocenters. The highest BCUT2D eigenvalue weighted by atomic mass is 17.0. The van der Waals surface area contributed by atoms with Crippen LogP contribution in [0.2, 0.25) is 0 Å². The zero-order valence-corrected chi connectivity index (χ0v) is 24.2. The Bertz CT molecular complexity index is 1180. The number of ether oxygens (including phenoxy) is 5. The second-order valence-electron chi connectivity index (χ2n) is 10.3. The maximum atomic E-state index is 12.1. The van der Waals surface area contributed by atoms with Crippen molar-refractivity contribution in [1.82, 2.24) is 4.90 Å². The third kappa shape index (κ3) is 8.14. The largest absolute Gasteiger partial charge is 0.497 e. The van der Waals surface area contributed by atoms with E-state index in [9.17, 15) is 20.0 Å². The molecule has 4 atom stereocenters. The molecule has 1 N–H and O–H groups in total. The number of amides is 1. The Hall–Kier alpha value is -3.81. The summed E-state index contributed by atoms with van der Waals surface area (Å²) in [6.07, 6.45) is -2.25. The van der Waals surface area contributed by atoms with E-state index in [1.54, 1.807) is 14.2 Å². The van der Waals surface area contributed by atoms with E-state index >= 15 is 0 Å². The number of piperidine rings is 1. The number of hydrogen-bond acceptors (Lipinski definition) is 10. The maximum absolute atomic E-state index is 12.1. The summed E-state index contributed by atoms with van der Waals surface area (Å²) in [4.78, 5) is 31.0. The third-order valence-corrected chi connectivity index (χ3v) is 7.41. The Morgan fingerprint density at radius 3 is 2.55 bits per heavy atom. The molecule has 0 aromatic heterocycles. The SMILES string of the molecule is COCCCN1CCOc2ccc(CO[C@H]3CN(C(=O)O)C[C@@H](OCC(C)O[N+](=O)[O-])[C@@H]3c3ccc(OC)cc3)cc21. The number of nitrogens with zero attached hydrogens (tertiary/aromatic N) is 3. The molecule has 2 aliphatic rings. The highest BCUT2D eigenvalue weighted by molar-refractivity contribution is 5.65. The molecule has 1 fully saturated rings. The molecule has 2 heterocycles. The number of methoxy groups -OCH3 is 2. The standard InChI is InChI=1S/C29H39N3O10/c1-20(42-32(35)36)18-40-26-16-31(29(33)34)17-27(28(26)22-6-8-23(38-3)9-7-22)41-19-21-5-10-25-24(15-21)30(12-14-39-25)11-4-13-37-2/h5-10,15,20,26-28H,4,11-14,16-19H2,1-3H3,(H,33,34)/t20?,26-,27+,28+/m1/s1. The lowest BCUT2D eigenvalue weighted by atomic mass is 9.84. The van der Waals surface area contributed by atoms with E-state index in [1.165, 1.54) is 11.8 Å². The highest BCUT2D eigenvalue weighted by Crippen LogP contribution is 2.36. The molecule has 13 nitrogen and oxygen atoms in total. The lowest BCUT2D eigenvalue weighted by Crippen LogP contribution is -2.54. The van der Waals surface area contributed by atoms with Gasteiger partial charge in [-0.05, 0) is 48.7 Å². The quantitative estimate of drug-likeness (QED) is 0.196. The van der Waals surface area contributed by atoms with Crippen LogP contribution in [0.5, 0.6) is 11.5 Å². The number of fused-ring (bicyclic) bond motifs is 1. The Kier molecular flexibility index (Phi) is 11.0. The van der Waals surface area contributed by atoms with Crippen LogP contribution < -0.4 is 14.4 Å². The van der Waals surface area contributed by atoms with E-state index in [0.29, 0.717) is 19.0 Å². The Morgan fingerprint density at radius 1 is 1.14 bits per heavy atom. The first-order chi connectivity index (χ1) is 20.3. The van der Waals surface area contributed by atoms with Crippen molar-refractivity contribution in [3.63, 3.8) is 0 Å². The first-order valence-corrected chi connectivity index (χ1v) is 13.9. The number of anilines is 1. The highest BCUT2D eigenvalue weighted by Gasteiger charge is 2.41. The minimum Gasteiger partial charge on any atom is -0.497 e. The van der Waals surface area contributed by atoms with E-state index in [4.69, 9.17) is 23.7 Å². The number of benzene rings is 2. The number of carboxylic acid groups (broad SMARTS) is 1. The molecular formula is C29H39N3O10. The lowest BCUT2D eigenvalue weighted by molar-refractivity contribution is -0.768. The second kappa shape index (κ2) is 14.9. The first kappa shape index (κ1) is 31.1. The fraction of sp³-hybridized carbons (Fsp3) is 0.552. The van der Waals surface area contributed by atoms with Crippen molar-refractivity contribution in [2.45, 2.75) is 44.2 Å². The van der Waals surface area contributed by atoms with E-state index in [1.807, 2.05) is 42.5 Å². The third-order valence-electron chi connectivity index (χ3n) is 7.41. The van der Waals surface area contributed by atoms with Crippen LogP contribution in [0.25, 0.3) is 0 Å². The molecule has 0 saturated carbocycles. The summed E-state index contributed by atoms with van der Waals surface area (Å²) < 4.78 is 28.9. The van der Waals surface area contributed by atoms with E-state index < -0.39 is 29.5 Å². The number of hydrogen-bond donors (Lipinski definition) is 1. The van der Waals surface area contributed by atoms with E-state index in [-0.39, 0.29) is 32.2 Å². The zero-order valence-electron chi connectivity index (χ0n) is 24.2. The molecule has 13 heteroatoms. The van der Waals surface area contributed by atoms with Gasteiger partial charge in [0.25, 0.3) is 5.09 Å². The fourth-order valence-electron chi connectivity index (χ4n) is 5.38. The van der Waals surface area contributed by atoms with Crippen LogP contribution in [-0.2, 0) is 25.7 Å². The molecule has 4 rings (SSSR count). The molecule has 2 aromatic rings. The van der Waals surface area contributed by atoms with Crippen molar-refractivity contribution in [1.29, 1.82) is 0 Å². The Labute approximate surface area is 244 Å². The topological polar surface area (TPSA) is 142 Å². The van der Waals surface area contributed by atoms with Gasteiger partial charge in [-0.15, -0.1) is 10.1 Å². The lowest BCUT2D eigenvalue weighted by Gasteiger charge is -2.43. The minimum absolute atomic E-state index is 0.0731. The molecule has 2 aliphatic heterocycles. The van der Waals surface area contributed by atoms with Gasteiger partial charge in [-0.1, -0.05) is 18.2 Å². The monoisotopic (exact) mass is 589 g/mol. The molecular weight excluding hydrogens is 550 g/mol. The van der Waals surface area contributed by atoms with Gasteiger partial charge < -0.3 is 43.4 Å². The van der Waals surface area contributed by atoms with Crippen molar-refractivity contribution < 1.29 is 43.5 Å². The molecule has 0 aliphatic carbocycles. The summed E-state index contributed by atoms with van der Waals surface area (Å²) in [6, 6.07) is 13.4. The van der Waals surface area contributed by atoms with Crippen molar-refractivity contribution in [3.05, 3.63) is 63.7 Å². The predicted octanol–water partition coefficient (Wildman–Crippen LogP) is 3.58. The van der Waals surface area contributed by atoms with Gasteiger partial charge in [0.15, 0.2) is 0 Å². The number of carbonyl (C=O) groups is 1. The van der Waals surface area contributed by atoms with Crippen molar-refractivity contribution >= 4 is 11.8 Å². The molecule has 1 saturated heterocycles. The molecule has 42 heavy (non-hydrogen) atoms. The summed E-state index contributed by atoms with van der Waals surface area (Å²) in [6.45, 7) is 4.75. The van der Waals surface area contributed by atoms with Crippen LogP contribution in [0.1, 0.15) is 30.4 Å². The van der Waals surface area contributed by atoms with Crippen LogP contribution in [0.15, 0.2) is 42.5 Å². The van der Waals surface area contributed by atoms with Crippen LogP contribution in [0.3, 0.4) is 0 Å². The summed E-state index contributed by atoms with van der Waals surface area (Å²) in [5, 5.41) is 19.8. The summed E-state index contributed by atoms with van der Waals surface area (Å²) in [7, 11) is 3.27. The molecule has 1 amide bonds. The summed E-state index contributed by atoms with van der Waals surface area (Å²) >= 11 is 0. The maximum Gasteiger partial charge on any atom is 0.407 e. The molecule has 0 bridgehead atoms. The summed E-state index contributed by atoms with van der Waals surface area (Å²) in [5.41, 5.74) is 2.78. The van der Waals surface area contributed by atoms with Crippen molar-refractivity contribution in [2.24, 2.45) is 0 Å². The van der Waals surface area contributed by atoms with Gasteiger partial charge in [-0.3, -0.25) is 0 Å². The minimum atomic E-state index is -1.10. The van der Waals surface area contributed by atoms with Gasteiger partial charge >= 0.3 is 6.09 Å². The van der Waals surface area contributed by atoms with Gasteiger partial charge in [-0.25, -0.2) is 4.79 Å². The average Bonchev–Trinajstić information content (AvgIpc) is 2.98. The predicted molar refractivity (Wildman–Crippen MR) is 152 cm³/mol. The first-order valence-electron chi connectivity index (χ1n) is 13.9. The van der Waals surface area contributed by atoms with Crippen LogP contribution in [0.4, 0.5) is 10.5 Å². The number of rotatable bonds is 14. The Balaban J connectivity index is 1.56. The van der Waals surface area contributed by atoms with Gasteiger partial charge in [0, 0.05) is 26.2 Å². The van der Waals surface area contributed by atoms with E-state index in [2.05, 4.69) is 9.74 Å². The zero-order chi connectivity index (χ0) is 30.1. The fourth-order valence-corrected chi connectivity index (χ4v) is 5.38. The van der Waals surface area contributed by atoms with E-state index in [0.717, 1.165) is 42.1 Å². The summed E-state index contributed by atoms with van der Waals surface area (Å²) in [5.74, 6) is 1.13. The number of likely N-dealkylation sites (tertiary alicyclic amines) is 1. The average molecular weight is 590 g/mol. The van der Waals surface area contributed by atoms with Crippen molar-refractivity contribution in [3.8, 4) is 11.5 Å². The van der Waals surface area contributed by atoms with Crippen LogP contribution in [-0.4, -0.2) is 99.7 Å². The smallest absolute Gasteiger partial charge is 0.407 e. The van der Waals surface area contributed by atoms with Gasteiger partial charge in [0.2, 0.25) is 0 Å². The molecule has 0 radical (unpaired) electrons. The van der Waals surface area contributed by atoms with Gasteiger partial charge in [0.1, 0.15) is 24.2 Å². The molecule has 2 aromatic carbocycles. The van der Waals surface area contributed by atoms with Crippen LogP contribution >= 0.6 is 0 Å². The van der Waals surface area contributed by atoms with Crippen molar-refractivity contribution in [2.75, 3.05) is 65.1 Å². The Morgan fingerprint density at radius 2 is 1.88 bits per heavy atom. The molecule has 0 spiro atoms. The van der Waals surface area contributed by atoms with Gasteiger partial charge in [0.05, 0.1) is 57.9 Å². The van der Waals surface area contributed by atoms with Gasteiger partial charge in [-0.2, -0.15) is 0 Å². The molecule has 230 valence electrons. The van der Waals surface area contributed by atoms with Crippen LogP contribution in [0, 0.1) is 10.1 Å². The normalized spacial score (nSPS) is 20.8. The second-order valence-corrected chi connectivity index (χ2v) is 10.3.